The summed E-state index contributed by atoms with van der Waals surface area (Å²) in [7, 11) is 0. The third kappa shape index (κ3) is 5.85. The van der Waals surface area contributed by atoms with Crippen molar-refractivity contribution in [3.63, 3.8) is 0 Å². The van der Waals surface area contributed by atoms with Gasteiger partial charge in [0.15, 0.2) is 0 Å². The van der Waals surface area contributed by atoms with Crippen molar-refractivity contribution in [2.45, 2.75) is 19.8 Å². The maximum Gasteiger partial charge on any atom is 0.139 e. The van der Waals surface area contributed by atoms with Crippen LogP contribution in [0.25, 0.3) is 45.2 Å². The van der Waals surface area contributed by atoms with E-state index in [1.54, 1.807) is 0 Å². The molecule has 0 bridgehead atoms. The number of hydrogen-bond donors (Lipinski definition) is 0. The summed E-state index contributed by atoms with van der Waals surface area (Å²) >= 11 is 0. The van der Waals surface area contributed by atoms with E-state index in [9.17, 15) is 0 Å². The number of para-hydroxylation sites is 3. The van der Waals surface area contributed by atoms with Crippen LogP contribution in [-0.4, -0.2) is 0 Å². The van der Waals surface area contributed by atoms with Crippen molar-refractivity contribution in [2.24, 2.45) is 0 Å². The average Bonchev–Trinajstić information content (AvgIpc) is 3.62. The fourth-order valence-corrected chi connectivity index (χ4v) is 7.84. The predicted molar refractivity (Wildman–Crippen MR) is 229 cm³/mol. The van der Waals surface area contributed by atoms with Crippen molar-refractivity contribution < 1.29 is 4.42 Å². The Kier molecular flexibility index (Phi) is 8.63. The van der Waals surface area contributed by atoms with Crippen molar-refractivity contribution in [1.29, 1.82) is 0 Å². The first kappa shape index (κ1) is 32.9. The molecule has 8 aromatic rings. The molecule has 0 fully saturated rings. The second kappa shape index (κ2) is 14.2. The van der Waals surface area contributed by atoms with Crippen molar-refractivity contribution in [3.05, 3.63) is 192 Å². The summed E-state index contributed by atoms with van der Waals surface area (Å²) in [4.78, 5) is 4.63. The lowest BCUT2D eigenvalue weighted by molar-refractivity contribution is 0.661. The number of rotatable bonds is 8. The second-order valence-corrected chi connectivity index (χ2v) is 13.5. The van der Waals surface area contributed by atoms with Gasteiger partial charge in [-0.25, -0.2) is 0 Å². The van der Waals surface area contributed by atoms with Crippen LogP contribution in [0.15, 0.2) is 174 Å². The smallest absolute Gasteiger partial charge is 0.139 e. The molecule has 1 aromatic heterocycles. The fraction of sp³-hybridized carbons (Fsp3) is 0.0588. The quantitative estimate of drug-likeness (QED) is 0.148. The molecule has 0 saturated carbocycles. The van der Waals surface area contributed by atoms with Crippen LogP contribution in [0.1, 0.15) is 35.6 Å². The summed E-state index contributed by atoms with van der Waals surface area (Å²) in [5.41, 5.74) is 14.9. The fourth-order valence-electron chi connectivity index (χ4n) is 7.84. The molecule has 0 atom stereocenters. The number of furan rings is 1. The Labute approximate surface area is 316 Å². The molecule has 0 radical (unpaired) electrons. The highest BCUT2D eigenvalue weighted by Crippen LogP contribution is 2.47. The molecule has 0 spiro atoms. The van der Waals surface area contributed by atoms with E-state index in [4.69, 9.17) is 10.8 Å². The Balaban J connectivity index is 1.21. The van der Waals surface area contributed by atoms with Gasteiger partial charge in [0, 0.05) is 55.9 Å². The van der Waals surface area contributed by atoms with Crippen LogP contribution in [0.2, 0.25) is 0 Å². The van der Waals surface area contributed by atoms with E-state index < -0.39 is 0 Å². The summed E-state index contributed by atoms with van der Waals surface area (Å²) in [5, 5.41) is 2.25. The summed E-state index contributed by atoms with van der Waals surface area (Å²) in [6.07, 6.45) is 16.5. The van der Waals surface area contributed by atoms with Gasteiger partial charge in [-0.05, 0) is 109 Å². The van der Waals surface area contributed by atoms with Gasteiger partial charge < -0.3 is 14.2 Å². The van der Waals surface area contributed by atoms with Crippen LogP contribution in [0.3, 0.4) is 0 Å². The van der Waals surface area contributed by atoms with Gasteiger partial charge in [0.25, 0.3) is 0 Å². The maximum absolute atomic E-state index is 6.80. The first-order chi connectivity index (χ1) is 26.7. The largest absolute Gasteiger partial charge is 0.456 e. The van der Waals surface area contributed by atoms with E-state index in [-0.39, 0.29) is 0 Å². The SMILES string of the molecule is C#Cc1cc(N(c2ccccc2)c2ccc(-c3cccc4oc5c6c(c(N(c7ccccc7)c7ccccc7)cc5c34)C=CCC6)cc2)ccc1/C=C\C. The lowest BCUT2D eigenvalue weighted by Gasteiger charge is -2.29. The number of hydrogen-bond acceptors (Lipinski definition) is 3. The van der Waals surface area contributed by atoms with Crippen molar-refractivity contribution in [1.82, 2.24) is 0 Å². The predicted octanol–water partition coefficient (Wildman–Crippen LogP) is 14.2. The van der Waals surface area contributed by atoms with Crippen molar-refractivity contribution in [2.75, 3.05) is 9.80 Å². The first-order valence-electron chi connectivity index (χ1n) is 18.5. The molecular weight excluding hydrogens is 657 g/mol. The number of allylic oxidation sites excluding steroid dienone is 2. The van der Waals surface area contributed by atoms with Crippen LogP contribution < -0.4 is 9.80 Å². The van der Waals surface area contributed by atoms with Gasteiger partial charge in [0.1, 0.15) is 11.2 Å². The Morgan fingerprint density at radius 1 is 0.648 bits per heavy atom. The molecule has 7 aromatic carbocycles. The third-order valence-corrected chi connectivity index (χ3v) is 10.3. The van der Waals surface area contributed by atoms with Crippen LogP contribution in [-0.2, 0) is 6.42 Å². The molecule has 0 unspecified atom stereocenters. The minimum atomic E-state index is 0.858. The molecule has 258 valence electrons. The average molecular weight is 695 g/mol. The zero-order valence-electron chi connectivity index (χ0n) is 30.1. The summed E-state index contributed by atoms with van der Waals surface area (Å²) in [6.45, 7) is 2.01. The Hall–Kier alpha value is -7.02. The molecule has 0 amide bonds. The molecule has 3 nitrogen and oxygen atoms in total. The molecule has 54 heavy (non-hydrogen) atoms. The van der Waals surface area contributed by atoms with E-state index in [1.165, 1.54) is 11.1 Å². The van der Waals surface area contributed by atoms with Crippen LogP contribution in [0, 0.1) is 12.3 Å². The van der Waals surface area contributed by atoms with E-state index in [1.807, 2.05) is 19.1 Å². The molecule has 3 heteroatoms. The van der Waals surface area contributed by atoms with Gasteiger partial charge >= 0.3 is 0 Å². The number of aryl methyl sites for hydroxylation is 1. The molecule has 1 aliphatic carbocycles. The Morgan fingerprint density at radius 2 is 1.28 bits per heavy atom. The lowest BCUT2D eigenvalue weighted by atomic mass is 9.91. The van der Waals surface area contributed by atoms with Crippen LogP contribution in [0.4, 0.5) is 34.1 Å². The number of terminal acetylenes is 1. The highest BCUT2D eigenvalue weighted by Gasteiger charge is 2.25. The number of anilines is 6. The topological polar surface area (TPSA) is 19.6 Å². The highest BCUT2D eigenvalue weighted by molar-refractivity contribution is 6.15. The third-order valence-electron chi connectivity index (χ3n) is 10.3. The monoisotopic (exact) mass is 694 g/mol. The van der Waals surface area contributed by atoms with Gasteiger partial charge in [0.05, 0.1) is 5.69 Å². The van der Waals surface area contributed by atoms with Crippen LogP contribution in [0.5, 0.6) is 0 Å². The van der Waals surface area contributed by atoms with Gasteiger partial charge in [0.2, 0.25) is 0 Å². The number of nitrogens with zero attached hydrogens (tertiary/aromatic N) is 2. The van der Waals surface area contributed by atoms with Gasteiger partial charge in [-0.1, -0.05) is 115 Å². The lowest BCUT2D eigenvalue weighted by Crippen LogP contribution is -2.13. The zero-order chi connectivity index (χ0) is 36.4. The van der Waals surface area contributed by atoms with Gasteiger partial charge in [-0.3, -0.25) is 0 Å². The molecule has 1 heterocycles. The van der Waals surface area contributed by atoms with Gasteiger partial charge in [-0.15, -0.1) is 6.42 Å². The first-order valence-corrected chi connectivity index (χ1v) is 18.5. The van der Waals surface area contributed by atoms with E-state index in [0.717, 1.165) is 91.2 Å². The summed E-state index contributed by atoms with van der Waals surface area (Å²) in [6, 6.07) is 55.6. The normalized spacial score (nSPS) is 12.2. The molecule has 1 aliphatic rings. The van der Waals surface area contributed by atoms with Crippen LogP contribution >= 0.6 is 0 Å². The Bertz CT molecular complexity index is 2680. The van der Waals surface area contributed by atoms with Crippen molar-refractivity contribution in [3.8, 4) is 23.5 Å². The minimum Gasteiger partial charge on any atom is -0.456 e. The standard InChI is InChI=1S/C51H38N2O/c1-3-17-37-28-33-43(34-36(37)4-2)52(39-18-8-5-9-19-39)42-31-29-38(30-32-42)44-26-16-27-49-50(44)47-35-48(45-24-14-15-25-46(45)51(47)54-49)53(40-20-10-6-11-21-40)41-22-12-7-13-23-41/h2-3,5-14,16-24,26-35H,15,25H2,1H3/b17-3-. The minimum absolute atomic E-state index is 0.858. The highest BCUT2D eigenvalue weighted by atomic mass is 16.3. The number of benzene rings is 7. The number of fused-ring (bicyclic) bond motifs is 5. The van der Waals surface area contributed by atoms with Gasteiger partial charge in [-0.2, -0.15) is 0 Å². The van der Waals surface area contributed by atoms with E-state index >= 15 is 0 Å². The van der Waals surface area contributed by atoms with E-state index in [2.05, 4.69) is 186 Å². The molecule has 9 rings (SSSR count). The summed E-state index contributed by atoms with van der Waals surface area (Å²) < 4.78 is 6.80. The van der Waals surface area contributed by atoms with E-state index in [0.29, 0.717) is 0 Å². The molecular formula is C51H38N2O. The second-order valence-electron chi connectivity index (χ2n) is 13.5. The molecule has 0 saturated heterocycles. The Morgan fingerprint density at radius 3 is 1.93 bits per heavy atom. The molecule has 0 aliphatic heterocycles. The zero-order valence-corrected chi connectivity index (χ0v) is 30.1. The summed E-state index contributed by atoms with van der Waals surface area (Å²) in [5.74, 6) is 2.89. The maximum atomic E-state index is 6.80. The molecule has 0 N–H and O–H groups in total. The van der Waals surface area contributed by atoms with Crippen molar-refractivity contribution >= 4 is 68.2 Å².